The largest absolute Gasteiger partial charge is 0.288 e. The van der Waals surface area contributed by atoms with E-state index in [4.69, 9.17) is 0 Å². The number of nitrogens with zero attached hydrogens (tertiary/aromatic N) is 1. The van der Waals surface area contributed by atoms with E-state index in [1.165, 1.54) is 16.7 Å². The van der Waals surface area contributed by atoms with Crippen LogP contribution in [0.4, 0.5) is 0 Å². The lowest BCUT2D eigenvalue weighted by atomic mass is 10.0. The van der Waals surface area contributed by atoms with Gasteiger partial charge in [-0.3, -0.25) is 4.90 Å². The van der Waals surface area contributed by atoms with Crippen LogP contribution >= 0.6 is 0 Å². The Bertz CT molecular complexity index is 650. The standard InChI is InChI=1S/C22H23N/c1-19(22-15-9-4-10-16-22)23(17-20-11-5-2-6-12-20)18-21-13-7-3-8-14-21/h2-16,19H,17-18H2,1H3/t19-/m1/s1. The van der Waals surface area contributed by atoms with Crippen molar-refractivity contribution in [3.8, 4) is 0 Å². The highest BCUT2D eigenvalue weighted by Crippen LogP contribution is 2.24. The zero-order valence-corrected chi connectivity index (χ0v) is 13.6. The lowest BCUT2D eigenvalue weighted by molar-refractivity contribution is 0.192. The molecule has 0 unspecified atom stereocenters. The van der Waals surface area contributed by atoms with Crippen molar-refractivity contribution in [2.24, 2.45) is 0 Å². The summed E-state index contributed by atoms with van der Waals surface area (Å²) in [5, 5.41) is 0. The Morgan fingerprint density at radius 1 is 0.609 bits per heavy atom. The van der Waals surface area contributed by atoms with Crippen molar-refractivity contribution in [2.75, 3.05) is 0 Å². The van der Waals surface area contributed by atoms with Crippen molar-refractivity contribution in [1.29, 1.82) is 0 Å². The van der Waals surface area contributed by atoms with Crippen LogP contribution in [0.15, 0.2) is 91.0 Å². The third-order valence-corrected chi connectivity index (χ3v) is 4.29. The molecule has 0 fully saturated rings. The number of hydrogen-bond acceptors (Lipinski definition) is 1. The third-order valence-electron chi connectivity index (χ3n) is 4.29. The van der Waals surface area contributed by atoms with Gasteiger partial charge in [0.2, 0.25) is 0 Å². The molecule has 0 bridgehead atoms. The average molecular weight is 301 g/mol. The van der Waals surface area contributed by atoms with Crippen LogP contribution in [0.1, 0.15) is 29.7 Å². The van der Waals surface area contributed by atoms with Gasteiger partial charge in [0.15, 0.2) is 0 Å². The molecule has 0 spiro atoms. The summed E-state index contributed by atoms with van der Waals surface area (Å²) in [6, 6.07) is 32.5. The van der Waals surface area contributed by atoms with Gasteiger partial charge in [-0.1, -0.05) is 91.0 Å². The molecule has 1 heteroatoms. The van der Waals surface area contributed by atoms with Crippen LogP contribution in [0.5, 0.6) is 0 Å². The first-order valence-corrected chi connectivity index (χ1v) is 8.20. The molecular weight excluding hydrogens is 278 g/mol. The average Bonchev–Trinajstić information content (AvgIpc) is 2.63. The molecule has 0 saturated heterocycles. The molecule has 3 aromatic rings. The summed E-state index contributed by atoms with van der Waals surface area (Å²) in [5.74, 6) is 0. The van der Waals surface area contributed by atoms with E-state index in [2.05, 4.69) is 103 Å². The van der Waals surface area contributed by atoms with Gasteiger partial charge in [0, 0.05) is 19.1 Å². The van der Waals surface area contributed by atoms with Gasteiger partial charge in [-0.25, -0.2) is 0 Å². The number of rotatable bonds is 6. The fourth-order valence-electron chi connectivity index (χ4n) is 2.91. The Morgan fingerprint density at radius 2 is 1.00 bits per heavy atom. The molecule has 0 radical (unpaired) electrons. The summed E-state index contributed by atoms with van der Waals surface area (Å²) in [6.45, 7) is 4.19. The van der Waals surface area contributed by atoms with Crippen LogP contribution in [-0.4, -0.2) is 4.90 Å². The second-order valence-corrected chi connectivity index (χ2v) is 5.96. The van der Waals surface area contributed by atoms with Crippen LogP contribution in [0.3, 0.4) is 0 Å². The normalized spacial score (nSPS) is 12.3. The maximum absolute atomic E-state index is 2.53. The number of hydrogen-bond donors (Lipinski definition) is 0. The SMILES string of the molecule is C[C@H](c1ccccc1)N(Cc1ccccc1)Cc1ccccc1. The summed E-state index contributed by atoms with van der Waals surface area (Å²) >= 11 is 0. The summed E-state index contributed by atoms with van der Waals surface area (Å²) in [4.78, 5) is 2.53. The van der Waals surface area contributed by atoms with Crippen molar-refractivity contribution in [3.05, 3.63) is 108 Å². The Kier molecular flexibility index (Phi) is 5.23. The lowest BCUT2D eigenvalue weighted by Gasteiger charge is -2.30. The highest BCUT2D eigenvalue weighted by Gasteiger charge is 2.16. The van der Waals surface area contributed by atoms with Crippen molar-refractivity contribution < 1.29 is 0 Å². The Morgan fingerprint density at radius 3 is 1.43 bits per heavy atom. The maximum atomic E-state index is 2.53. The fourth-order valence-corrected chi connectivity index (χ4v) is 2.91. The quantitative estimate of drug-likeness (QED) is 0.585. The first-order valence-electron chi connectivity index (χ1n) is 8.20. The Hall–Kier alpha value is -2.38. The van der Waals surface area contributed by atoms with Gasteiger partial charge in [-0.2, -0.15) is 0 Å². The van der Waals surface area contributed by atoms with Crippen molar-refractivity contribution >= 4 is 0 Å². The topological polar surface area (TPSA) is 3.24 Å². The minimum absolute atomic E-state index is 0.372. The molecule has 0 N–H and O–H groups in total. The maximum Gasteiger partial charge on any atom is 0.0326 e. The predicted molar refractivity (Wildman–Crippen MR) is 97.0 cm³/mol. The van der Waals surface area contributed by atoms with Gasteiger partial charge in [-0.15, -0.1) is 0 Å². The molecule has 0 amide bonds. The first-order chi connectivity index (χ1) is 11.3. The number of benzene rings is 3. The van der Waals surface area contributed by atoms with E-state index in [1.54, 1.807) is 0 Å². The Balaban J connectivity index is 1.83. The molecule has 116 valence electrons. The van der Waals surface area contributed by atoms with E-state index in [1.807, 2.05) is 0 Å². The fraction of sp³-hybridized carbons (Fsp3) is 0.182. The zero-order chi connectivity index (χ0) is 15.9. The summed E-state index contributed by atoms with van der Waals surface area (Å²) in [7, 11) is 0. The van der Waals surface area contributed by atoms with Gasteiger partial charge in [-0.05, 0) is 23.6 Å². The van der Waals surface area contributed by atoms with E-state index < -0.39 is 0 Å². The van der Waals surface area contributed by atoms with E-state index in [9.17, 15) is 0 Å². The van der Waals surface area contributed by atoms with Crippen LogP contribution < -0.4 is 0 Å². The monoisotopic (exact) mass is 301 g/mol. The molecule has 23 heavy (non-hydrogen) atoms. The molecule has 0 saturated carbocycles. The van der Waals surface area contributed by atoms with Gasteiger partial charge in [0.05, 0.1) is 0 Å². The van der Waals surface area contributed by atoms with Crippen LogP contribution in [0, 0.1) is 0 Å². The van der Waals surface area contributed by atoms with Crippen molar-refractivity contribution in [2.45, 2.75) is 26.1 Å². The van der Waals surface area contributed by atoms with Gasteiger partial charge in [0.1, 0.15) is 0 Å². The molecule has 0 aliphatic carbocycles. The summed E-state index contributed by atoms with van der Waals surface area (Å²) in [5.41, 5.74) is 4.07. The molecule has 3 rings (SSSR count). The van der Waals surface area contributed by atoms with Gasteiger partial charge < -0.3 is 0 Å². The van der Waals surface area contributed by atoms with Crippen molar-refractivity contribution in [1.82, 2.24) is 4.90 Å². The minimum Gasteiger partial charge on any atom is -0.288 e. The molecular formula is C22H23N. The predicted octanol–water partition coefficient (Wildman–Crippen LogP) is 5.45. The van der Waals surface area contributed by atoms with Gasteiger partial charge in [0.25, 0.3) is 0 Å². The molecule has 1 nitrogen and oxygen atoms in total. The molecule has 1 atom stereocenters. The van der Waals surface area contributed by atoms with Gasteiger partial charge >= 0.3 is 0 Å². The lowest BCUT2D eigenvalue weighted by Crippen LogP contribution is -2.26. The highest BCUT2D eigenvalue weighted by atomic mass is 15.1. The molecule has 0 aliphatic rings. The van der Waals surface area contributed by atoms with E-state index in [-0.39, 0.29) is 0 Å². The second kappa shape index (κ2) is 7.75. The molecule has 0 aliphatic heterocycles. The second-order valence-electron chi connectivity index (χ2n) is 5.96. The highest BCUT2D eigenvalue weighted by molar-refractivity contribution is 5.21. The third kappa shape index (κ3) is 4.30. The van der Waals surface area contributed by atoms with Crippen LogP contribution in [0.25, 0.3) is 0 Å². The van der Waals surface area contributed by atoms with Crippen LogP contribution in [0.2, 0.25) is 0 Å². The molecule has 0 heterocycles. The van der Waals surface area contributed by atoms with E-state index >= 15 is 0 Å². The van der Waals surface area contributed by atoms with E-state index in [0.717, 1.165) is 13.1 Å². The smallest absolute Gasteiger partial charge is 0.0326 e. The van der Waals surface area contributed by atoms with Crippen molar-refractivity contribution in [3.63, 3.8) is 0 Å². The summed E-state index contributed by atoms with van der Waals surface area (Å²) < 4.78 is 0. The van der Waals surface area contributed by atoms with E-state index in [0.29, 0.717) is 6.04 Å². The van der Waals surface area contributed by atoms with Crippen LogP contribution in [-0.2, 0) is 13.1 Å². The molecule has 0 aromatic heterocycles. The Labute approximate surface area is 139 Å². The molecule has 3 aromatic carbocycles. The zero-order valence-electron chi connectivity index (χ0n) is 13.6. The minimum atomic E-state index is 0.372. The first kappa shape index (κ1) is 15.5. The summed E-state index contributed by atoms with van der Waals surface area (Å²) in [6.07, 6.45) is 0.